The molecule has 94 valence electrons. The van der Waals surface area contributed by atoms with Crippen molar-refractivity contribution in [2.75, 3.05) is 13.2 Å². The minimum atomic E-state index is -0.399. The number of carbonyl (C=O) groups excluding carboxylic acids is 1. The van der Waals surface area contributed by atoms with Gasteiger partial charge in [-0.25, -0.2) is 0 Å². The summed E-state index contributed by atoms with van der Waals surface area (Å²) in [6.07, 6.45) is 4.95. The number of carbonyl (C=O) groups is 1. The maximum absolute atomic E-state index is 11.8. The zero-order valence-electron chi connectivity index (χ0n) is 9.89. The topological polar surface area (TPSA) is 75.3 Å². The van der Waals surface area contributed by atoms with Gasteiger partial charge >= 0.3 is 0 Å². The number of amides is 1. The van der Waals surface area contributed by atoms with Gasteiger partial charge in [-0.1, -0.05) is 0 Å². The van der Waals surface area contributed by atoms with Gasteiger partial charge in [0.05, 0.1) is 12.4 Å². The van der Waals surface area contributed by atoms with Crippen molar-refractivity contribution in [1.29, 1.82) is 5.26 Å². The van der Waals surface area contributed by atoms with Gasteiger partial charge in [-0.3, -0.25) is 4.79 Å². The number of ether oxygens (including phenoxy) is 1. The van der Waals surface area contributed by atoms with Gasteiger partial charge in [-0.05, 0) is 25.0 Å². The molecule has 2 rings (SSSR count). The lowest BCUT2D eigenvalue weighted by Crippen LogP contribution is -2.32. The first-order valence-electron chi connectivity index (χ1n) is 5.84. The molecule has 0 aliphatic carbocycles. The highest BCUT2D eigenvalue weighted by molar-refractivity contribution is 6.01. The molecule has 1 atom stereocenters. The molecule has 0 saturated carbocycles. The fourth-order valence-electron chi connectivity index (χ4n) is 1.77. The molecule has 0 spiro atoms. The van der Waals surface area contributed by atoms with Gasteiger partial charge < -0.3 is 14.5 Å². The van der Waals surface area contributed by atoms with E-state index in [1.54, 1.807) is 12.1 Å². The second-order valence-corrected chi connectivity index (χ2v) is 4.03. The molecule has 1 aromatic heterocycles. The van der Waals surface area contributed by atoms with Crippen molar-refractivity contribution in [3.05, 3.63) is 29.7 Å². The monoisotopic (exact) mass is 246 g/mol. The molecule has 1 unspecified atom stereocenters. The highest BCUT2D eigenvalue weighted by Gasteiger charge is 2.17. The Hall–Kier alpha value is -2.06. The van der Waals surface area contributed by atoms with Gasteiger partial charge in [0.25, 0.3) is 5.91 Å². The third kappa shape index (κ3) is 3.22. The predicted molar refractivity (Wildman–Crippen MR) is 64.3 cm³/mol. The Morgan fingerprint density at radius 3 is 3.17 bits per heavy atom. The van der Waals surface area contributed by atoms with Crippen LogP contribution in [0.25, 0.3) is 6.08 Å². The average molecular weight is 246 g/mol. The van der Waals surface area contributed by atoms with Crippen LogP contribution >= 0.6 is 0 Å². The van der Waals surface area contributed by atoms with E-state index in [-0.39, 0.29) is 11.7 Å². The lowest BCUT2D eigenvalue weighted by molar-refractivity contribution is -0.117. The van der Waals surface area contributed by atoms with Crippen molar-refractivity contribution in [2.45, 2.75) is 18.9 Å². The predicted octanol–water partition coefficient (Wildman–Crippen LogP) is 1.48. The third-order valence-electron chi connectivity index (χ3n) is 2.71. The van der Waals surface area contributed by atoms with Crippen molar-refractivity contribution in [3.63, 3.8) is 0 Å². The maximum atomic E-state index is 11.8. The van der Waals surface area contributed by atoms with E-state index in [0.29, 0.717) is 12.3 Å². The zero-order valence-corrected chi connectivity index (χ0v) is 9.89. The molecule has 1 aliphatic heterocycles. The standard InChI is InChI=1S/C13H14N2O3/c14-8-10(7-11-3-1-5-17-11)13(16)15-9-12-4-2-6-18-12/h1,3,5,7,12H,2,4,6,9H2,(H,15,16)/b10-7+. The molecule has 1 saturated heterocycles. The Morgan fingerprint density at radius 1 is 1.67 bits per heavy atom. The summed E-state index contributed by atoms with van der Waals surface area (Å²) in [5, 5.41) is 11.6. The summed E-state index contributed by atoms with van der Waals surface area (Å²) < 4.78 is 10.4. The Labute approximate surface area is 105 Å². The van der Waals surface area contributed by atoms with Crippen LogP contribution < -0.4 is 5.32 Å². The van der Waals surface area contributed by atoms with Crippen LogP contribution in [0.1, 0.15) is 18.6 Å². The van der Waals surface area contributed by atoms with Crippen LogP contribution in [0.2, 0.25) is 0 Å². The van der Waals surface area contributed by atoms with E-state index in [0.717, 1.165) is 19.4 Å². The molecule has 0 aromatic carbocycles. The lowest BCUT2D eigenvalue weighted by atomic mass is 10.2. The first-order chi connectivity index (χ1) is 8.79. The van der Waals surface area contributed by atoms with Crippen molar-refractivity contribution in [3.8, 4) is 6.07 Å². The molecular formula is C13H14N2O3. The Balaban J connectivity index is 1.91. The zero-order chi connectivity index (χ0) is 12.8. The Kier molecular flexibility index (Phi) is 4.15. The van der Waals surface area contributed by atoms with E-state index in [1.165, 1.54) is 12.3 Å². The number of rotatable bonds is 4. The molecule has 1 fully saturated rings. The minimum Gasteiger partial charge on any atom is -0.465 e. The van der Waals surface area contributed by atoms with E-state index in [1.807, 2.05) is 6.07 Å². The summed E-state index contributed by atoms with van der Waals surface area (Å²) in [6, 6.07) is 5.25. The smallest absolute Gasteiger partial charge is 0.262 e. The first-order valence-corrected chi connectivity index (χ1v) is 5.84. The number of hydrogen-bond acceptors (Lipinski definition) is 4. The molecule has 1 aliphatic rings. The van der Waals surface area contributed by atoms with E-state index >= 15 is 0 Å². The molecule has 18 heavy (non-hydrogen) atoms. The SMILES string of the molecule is N#C/C(=C\c1ccco1)C(=O)NCC1CCCO1. The van der Waals surface area contributed by atoms with Gasteiger partial charge in [-0.15, -0.1) is 0 Å². The summed E-state index contributed by atoms with van der Waals surface area (Å²) in [7, 11) is 0. The summed E-state index contributed by atoms with van der Waals surface area (Å²) >= 11 is 0. The maximum Gasteiger partial charge on any atom is 0.262 e. The van der Waals surface area contributed by atoms with Crippen LogP contribution in [-0.4, -0.2) is 25.2 Å². The van der Waals surface area contributed by atoms with Crippen LogP contribution in [0.3, 0.4) is 0 Å². The number of nitriles is 1. The number of nitrogens with one attached hydrogen (secondary N) is 1. The van der Waals surface area contributed by atoms with Gasteiger partial charge in [-0.2, -0.15) is 5.26 Å². The lowest BCUT2D eigenvalue weighted by Gasteiger charge is -2.09. The molecule has 0 radical (unpaired) electrons. The molecule has 5 nitrogen and oxygen atoms in total. The Morgan fingerprint density at radius 2 is 2.56 bits per heavy atom. The highest BCUT2D eigenvalue weighted by Crippen LogP contribution is 2.11. The average Bonchev–Trinajstić information content (AvgIpc) is 3.06. The van der Waals surface area contributed by atoms with Gasteiger partial charge in [0.1, 0.15) is 17.4 Å². The van der Waals surface area contributed by atoms with Crippen LogP contribution in [0.5, 0.6) is 0 Å². The second-order valence-electron chi connectivity index (χ2n) is 4.03. The van der Waals surface area contributed by atoms with Gasteiger partial charge in [0, 0.05) is 19.2 Å². The first kappa shape index (κ1) is 12.4. The van der Waals surface area contributed by atoms with E-state index in [9.17, 15) is 4.79 Å². The van der Waals surface area contributed by atoms with Crippen LogP contribution in [0.4, 0.5) is 0 Å². The van der Waals surface area contributed by atoms with Crippen molar-refractivity contribution >= 4 is 12.0 Å². The molecule has 0 bridgehead atoms. The Bertz CT molecular complexity index is 465. The van der Waals surface area contributed by atoms with Crippen LogP contribution in [0.15, 0.2) is 28.4 Å². The van der Waals surface area contributed by atoms with Crippen molar-refractivity contribution in [1.82, 2.24) is 5.32 Å². The summed E-state index contributed by atoms with van der Waals surface area (Å²) in [6.45, 7) is 1.18. The van der Waals surface area contributed by atoms with Crippen molar-refractivity contribution in [2.24, 2.45) is 0 Å². The largest absolute Gasteiger partial charge is 0.465 e. The molecule has 5 heteroatoms. The molecule has 1 N–H and O–H groups in total. The molecule has 1 aromatic rings. The van der Waals surface area contributed by atoms with Gasteiger partial charge in [0.15, 0.2) is 0 Å². The molecule has 1 amide bonds. The summed E-state index contributed by atoms with van der Waals surface area (Å²) in [5.74, 6) is 0.0863. The van der Waals surface area contributed by atoms with Crippen molar-refractivity contribution < 1.29 is 13.9 Å². The van der Waals surface area contributed by atoms with E-state index in [2.05, 4.69) is 5.32 Å². The van der Waals surface area contributed by atoms with Crippen LogP contribution in [-0.2, 0) is 9.53 Å². The van der Waals surface area contributed by atoms with Gasteiger partial charge in [0.2, 0.25) is 0 Å². The third-order valence-corrected chi connectivity index (χ3v) is 2.71. The normalized spacial score (nSPS) is 19.5. The number of nitrogens with zero attached hydrogens (tertiary/aromatic N) is 1. The van der Waals surface area contributed by atoms with E-state index in [4.69, 9.17) is 14.4 Å². The fourth-order valence-corrected chi connectivity index (χ4v) is 1.77. The highest BCUT2D eigenvalue weighted by atomic mass is 16.5. The number of hydrogen-bond donors (Lipinski definition) is 1. The fraction of sp³-hybridized carbons (Fsp3) is 0.385. The van der Waals surface area contributed by atoms with Crippen LogP contribution in [0, 0.1) is 11.3 Å². The summed E-state index contributed by atoms with van der Waals surface area (Å²) in [5.41, 5.74) is 0.0305. The summed E-state index contributed by atoms with van der Waals surface area (Å²) in [4.78, 5) is 11.8. The van der Waals surface area contributed by atoms with E-state index < -0.39 is 5.91 Å². The minimum absolute atomic E-state index is 0.0305. The molecule has 2 heterocycles. The quantitative estimate of drug-likeness (QED) is 0.645. The second kappa shape index (κ2) is 6.03. The number of furan rings is 1. The molecular weight excluding hydrogens is 232 g/mol.